The molecule has 0 saturated carbocycles. The molecule has 1 fully saturated rings. The molecule has 3 nitrogen and oxygen atoms in total. The zero-order chi connectivity index (χ0) is 12.1. The van der Waals surface area contributed by atoms with E-state index in [9.17, 15) is 0 Å². The first-order valence-corrected chi connectivity index (χ1v) is 7.39. The van der Waals surface area contributed by atoms with Crippen LogP contribution in [0.3, 0.4) is 0 Å². The van der Waals surface area contributed by atoms with Gasteiger partial charge in [-0.3, -0.25) is 0 Å². The fraction of sp³-hybridized carbons (Fsp3) is 0.769. The van der Waals surface area contributed by atoms with Crippen LogP contribution in [-0.4, -0.2) is 30.7 Å². The maximum Gasteiger partial charge on any atom is 0.0937 e. The summed E-state index contributed by atoms with van der Waals surface area (Å²) in [6.07, 6.45) is 5.57. The molecule has 1 aliphatic rings. The first kappa shape index (κ1) is 13.0. The van der Waals surface area contributed by atoms with Gasteiger partial charge in [0.25, 0.3) is 0 Å². The highest BCUT2D eigenvalue weighted by Crippen LogP contribution is 2.29. The zero-order valence-corrected chi connectivity index (χ0v) is 11.6. The maximum absolute atomic E-state index is 4.29. The fourth-order valence-corrected chi connectivity index (χ4v) is 3.06. The Labute approximate surface area is 108 Å². The lowest BCUT2D eigenvalue weighted by molar-refractivity contribution is 0.176. The molecule has 1 saturated heterocycles. The van der Waals surface area contributed by atoms with E-state index in [0.29, 0.717) is 11.5 Å². The molecule has 1 aliphatic heterocycles. The standard InChI is InChI=1S/C13H23N3S/c1-13(2)5-3-6-15-11(13)10-14-7-4-12-16-8-9-17-12/h8-9,11,14-15H,3-7,10H2,1-2H3. The third-order valence-electron chi connectivity index (χ3n) is 3.68. The monoisotopic (exact) mass is 253 g/mol. The predicted octanol–water partition coefficient (Wildman–Crippen LogP) is 2.05. The molecule has 1 aromatic rings. The van der Waals surface area contributed by atoms with Crippen molar-refractivity contribution in [3.8, 4) is 0 Å². The first-order chi connectivity index (χ1) is 8.18. The Morgan fingerprint density at radius 3 is 3.18 bits per heavy atom. The zero-order valence-electron chi connectivity index (χ0n) is 10.8. The van der Waals surface area contributed by atoms with E-state index in [-0.39, 0.29) is 0 Å². The van der Waals surface area contributed by atoms with Crippen molar-refractivity contribution in [1.29, 1.82) is 0 Å². The van der Waals surface area contributed by atoms with Gasteiger partial charge < -0.3 is 10.6 Å². The van der Waals surface area contributed by atoms with Crippen molar-refractivity contribution in [3.05, 3.63) is 16.6 Å². The third kappa shape index (κ3) is 3.76. The molecule has 0 aromatic carbocycles. The summed E-state index contributed by atoms with van der Waals surface area (Å²) in [5.41, 5.74) is 0.423. The maximum atomic E-state index is 4.29. The molecule has 1 unspecified atom stereocenters. The highest BCUT2D eigenvalue weighted by Gasteiger charge is 2.31. The number of hydrogen-bond donors (Lipinski definition) is 2. The lowest BCUT2D eigenvalue weighted by Gasteiger charge is -2.39. The minimum Gasteiger partial charge on any atom is -0.315 e. The van der Waals surface area contributed by atoms with Gasteiger partial charge in [-0.25, -0.2) is 4.98 Å². The van der Waals surface area contributed by atoms with E-state index in [1.165, 1.54) is 24.4 Å². The Balaban J connectivity index is 1.67. The van der Waals surface area contributed by atoms with Crippen molar-refractivity contribution in [2.24, 2.45) is 5.41 Å². The van der Waals surface area contributed by atoms with Crippen molar-refractivity contribution in [1.82, 2.24) is 15.6 Å². The predicted molar refractivity (Wildman–Crippen MR) is 73.5 cm³/mol. The Kier molecular flexibility index (Phi) is 4.54. The fourth-order valence-electron chi connectivity index (χ4n) is 2.44. The van der Waals surface area contributed by atoms with Gasteiger partial charge >= 0.3 is 0 Å². The molecule has 96 valence electrons. The molecule has 2 N–H and O–H groups in total. The average molecular weight is 253 g/mol. The van der Waals surface area contributed by atoms with Crippen molar-refractivity contribution >= 4 is 11.3 Å². The number of piperidine rings is 1. The lowest BCUT2D eigenvalue weighted by Crippen LogP contribution is -2.52. The van der Waals surface area contributed by atoms with Crippen LogP contribution in [-0.2, 0) is 6.42 Å². The number of rotatable bonds is 5. The van der Waals surface area contributed by atoms with Gasteiger partial charge in [0.1, 0.15) is 0 Å². The minimum absolute atomic E-state index is 0.423. The first-order valence-electron chi connectivity index (χ1n) is 6.51. The number of nitrogens with one attached hydrogen (secondary N) is 2. The molecule has 0 radical (unpaired) electrons. The van der Waals surface area contributed by atoms with Crippen LogP contribution >= 0.6 is 11.3 Å². The minimum atomic E-state index is 0.423. The molecule has 2 heterocycles. The van der Waals surface area contributed by atoms with Crippen molar-refractivity contribution in [2.75, 3.05) is 19.6 Å². The summed E-state index contributed by atoms with van der Waals surface area (Å²) >= 11 is 1.74. The number of aromatic nitrogens is 1. The van der Waals surface area contributed by atoms with Crippen LogP contribution in [0.15, 0.2) is 11.6 Å². The summed E-state index contributed by atoms with van der Waals surface area (Å²) in [5.74, 6) is 0. The smallest absolute Gasteiger partial charge is 0.0937 e. The van der Waals surface area contributed by atoms with E-state index in [1.54, 1.807) is 11.3 Å². The van der Waals surface area contributed by atoms with Crippen LogP contribution in [0.5, 0.6) is 0 Å². The van der Waals surface area contributed by atoms with E-state index in [2.05, 4.69) is 29.5 Å². The van der Waals surface area contributed by atoms with Gasteiger partial charge in [-0.1, -0.05) is 13.8 Å². The van der Waals surface area contributed by atoms with Crippen LogP contribution in [0, 0.1) is 5.41 Å². The molecule has 0 aliphatic carbocycles. The van der Waals surface area contributed by atoms with Crippen LogP contribution in [0.25, 0.3) is 0 Å². The second kappa shape index (κ2) is 5.94. The van der Waals surface area contributed by atoms with E-state index in [0.717, 1.165) is 19.5 Å². The van der Waals surface area contributed by atoms with E-state index in [1.807, 2.05) is 11.6 Å². The molecule has 4 heteroatoms. The van der Waals surface area contributed by atoms with Gasteiger partial charge in [-0.2, -0.15) is 0 Å². The van der Waals surface area contributed by atoms with Gasteiger partial charge in [0.05, 0.1) is 5.01 Å². The largest absolute Gasteiger partial charge is 0.315 e. The highest BCUT2D eigenvalue weighted by molar-refractivity contribution is 7.09. The van der Waals surface area contributed by atoms with Crippen LogP contribution in [0.2, 0.25) is 0 Å². The number of hydrogen-bond acceptors (Lipinski definition) is 4. The van der Waals surface area contributed by atoms with Crippen molar-refractivity contribution in [3.63, 3.8) is 0 Å². The van der Waals surface area contributed by atoms with Gasteiger partial charge in [-0.15, -0.1) is 11.3 Å². The molecule has 0 spiro atoms. The molecule has 0 amide bonds. The second-order valence-electron chi connectivity index (χ2n) is 5.48. The van der Waals surface area contributed by atoms with Gasteiger partial charge in [-0.05, 0) is 24.8 Å². The van der Waals surface area contributed by atoms with Crippen LogP contribution in [0.4, 0.5) is 0 Å². The van der Waals surface area contributed by atoms with Crippen LogP contribution < -0.4 is 10.6 Å². The summed E-state index contributed by atoms with van der Waals surface area (Å²) in [5, 5.41) is 10.5. The molecule has 2 rings (SSSR count). The third-order valence-corrected chi connectivity index (χ3v) is 4.52. The summed E-state index contributed by atoms with van der Waals surface area (Å²) in [7, 11) is 0. The average Bonchev–Trinajstić information content (AvgIpc) is 2.79. The van der Waals surface area contributed by atoms with Crippen molar-refractivity contribution in [2.45, 2.75) is 39.2 Å². The SMILES string of the molecule is CC1(C)CCCNC1CNCCc1nccs1. The topological polar surface area (TPSA) is 37.0 Å². The summed E-state index contributed by atoms with van der Waals surface area (Å²) in [4.78, 5) is 4.29. The Hall–Kier alpha value is -0.450. The van der Waals surface area contributed by atoms with Gasteiger partial charge in [0.15, 0.2) is 0 Å². The Morgan fingerprint density at radius 2 is 2.47 bits per heavy atom. The molecule has 0 bridgehead atoms. The molecule has 1 atom stereocenters. The molecule has 1 aromatic heterocycles. The van der Waals surface area contributed by atoms with Crippen LogP contribution in [0.1, 0.15) is 31.7 Å². The van der Waals surface area contributed by atoms with Crippen molar-refractivity contribution < 1.29 is 0 Å². The molecular formula is C13H23N3S. The summed E-state index contributed by atoms with van der Waals surface area (Å²) in [6.45, 7) is 8.00. The van der Waals surface area contributed by atoms with Gasteiger partial charge in [0, 0.05) is 37.1 Å². The second-order valence-corrected chi connectivity index (χ2v) is 6.46. The number of thiazole rings is 1. The Morgan fingerprint density at radius 1 is 1.59 bits per heavy atom. The molecule has 17 heavy (non-hydrogen) atoms. The van der Waals surface area contributed by atoms with Gasteiger partial charge in [0.2, 0.25) is 0 Å². The lowest BCUT2D eigenvalue weighted by atomic mass is 9.77. The summed E-state index contributed by atoms with van der Waals surface area (Å²) in [6, 6.07) is 0.604. The van der Waals surface area contributed by atoms with E-state index < -0.39 is 0 Å². The quantitative estimate of drug-likeness (QED) is 0.789. The van der Waals surface area contributed by atoms with E-state index in [4.69, 9.17) is 0 Å². The number of nitrogens with zero attached hydrogens (tertiary/aromatic N) is 1. The summed E-state index contributed by atoms with van der Waals surface area (Å²) < 4.78 is 0. The highest BCUT2D eigenvalue weighted by atomic mass is 32.1. The Bertz CT molecular complexity index is 321. The normalized spacial score (nSPS) is 23.8. The van der Waals surface area contributed by atoms with E-state index >= 15 is 0 Å². The molecular weight excluding hydrogens is 230 g/mol.